The second-order valence-corrected chi connectivity index (χ2v) is 7.30. The van der Waals surface area contributed by atoms with Gasteiger partial charge in [-0.05, 0) is 36.8 Å². The first-order valence-electron chi connectivity index (χ1n) is 7.93. The van der Waals surface area contributed by atoms with E-state index in [0.29, 0.717) is 38.9 Å². The molecule has 6 heteroatoms. The van der Waals surface area contributed by atoms with E-state index in [1.54, 1.807) is 16.2 Å². The quantitative estimate of drug-likeness (QED) is 0.806. The van der Waals surface area contributed by atoms with Gasteiger partial charge in [0.2, 0.25) is 0 Å². The summed E-state index contributed by atoms with van der Waals surface area (Å²) in [5, 5.41) is 23.5. The van der Waals surface area contributed by atoms with Gasteiger partial charge in [0, 0.05) is 22.7 Å². The lowest BCUT2D eigenvalue weighted by Crippen LogP contribution is -2.41. The highest BCUT2D eigenvalue weighted by Crippen LogP contribution is 2.25. The molecule has 2 heterocycles. The molecule has 0 unspecified atom stereocenters. The molecule has 1 fully saturated rings. The van der Waals surface area contributed by atoms with Gasteiger partial charge >= 0.3 is 6.03 Å². The zero-order chi connectivity index (χ0) is 16.3. The molecule has 23 heavy (non-hydrogen) atoms. The zero-order valence-electron chi connectivity index (χ0n) is 13.0. The number of benzene rings is 1. The van der Waals surface area contributed by atoms with Gasteiger partial charge in [-0.2, -0.15) is 0 Å². The van der Waals surface area contributed by atoms with Crippen LogP contribution in [-0.4, -0.2) is 46.4 Å². The molecule has 124 valence electrons. The first kappa shape index (κ1) is 16.2. The molecular formula is C17H22N2O3S. The van der Waals surface area contributed by atoms with Crippen LogP contribution in [0.15, 0.2) is 30.3 Å². The maximum Gasteiger partial charge on any atom is 0.317 e. The summed E-state index contributed by atoms with van der Waals surface area (Å²) in [5.74, 6) is 0. The minimum atomic E-state index is -1.04. The maximum absolute atomic E-state index is 12.3. The summed E-state index contributed by atoms with van der Waals surface area (Å²) in [4.78, 5) is 15.2. The molecule has 2 amide bonds. The number of fused-ring (bicyclic) bond motifs is 1. The van der Waals surface area contributed by atoms with Crippen molar-refractivity contribution in [1.82, 2.24) is 10.2 Å². The number of urea groups is 1. The molecule has 1 aromatic heterocycles. The van der Waals surface area contributed by atoms with Crippen molar-refractivity contribution in [3.05, 3.63) is 35.2 Å². The highest BCUT2D eigenvalue weighted by Gasteiger charge is 2.30. The Kier molecular flexibility index (Phi) is 4.84. The predicted molar refractivity (Wildman–Crippen MR) is 91.5 cm³/mol. The Labute approximate surface area is 139 Å². The first-order valence-corrected chi connectivity index (χ1v) is 8.75. The fourth-order valence-corrected chi connectivity index (χ4v) is 3.94. The lowest BCUT2D eigenvalue weighted by molar-refractivity contribution is -0.0248. The number of nitrogens with zero attached hydrogens (tertiary/aromatic N) is 1. The first-order chi connectivity index (χ1) is 11.1. The smallest absolute Gasteiger partial charge is 0.317 e. The number of hydrogen-bond acceptors (Lipinski definition) is 4. The molecule has 2 aromatic rings. The molecular weight excluding hydrogens is 312 g/mol. The fraction of sp³-hybridized carbons (Fsp3) is 0.471. The van der Waals surface area contributed by atoms with Crippen LogP contribution in [0, 0.1) is 0 Å². The van der Waals surface area contributed by atoms with Gasteiger partial charge in [0.25, 0.3) is 0 Å². The van der Waals surface area contributed by atoms with Gasteiger partial charge in [0.1, 0.15) is 0 Å². The van der Waals surface area contributed by atoms with Gasteiger partial charge in [0.05, 0.1) is 18.8 Å². The van der Waals surface area contributed by atoms with E-state index in [1.165, 1.54) is 10.1 Å². The van der Waals surface area contributed by atoms with E-state index >= 15 is 0 Å². The van der Waals surface area contributed by atoms with E-state index in [-0.39, 0.29) is 12.6 Å². The van der Waals surface area contributed by atoms with Crippen LogP contribution in [-0.2, 0) is 6.54 Å². The van der Waals surface area contributed by atoms with Crippen LogP contribution in [0.3, 0.4) is 0 Å². The third-order valence-corrected chi connectivity index (χ3v) is 5.51. The molecule has 0 aliphatic carbocycles. The molecule has 1 atom stereocenters. The van der Waals surface area contributed by atoms with Gasteiger partial charge in [-0.1, -0.05) is 18.2 Å². The van der Waals surface area contributed by atoms with E-state index in [9.17, 15) is 15.0 Å². The average molecular weight is 334 g/mol. The van der Waals surface area contributed by atoms with Gasteiger partial charge in [-0.3, -0.25) is 0 Å². The molecule has 1 aliphatic rings. The molecule has 5 nitrogen and oxygen atoms in total. The molecule has 0 bridgehead atoms. The Bertz CT molecular complexity index is 654. The highest BCUT2D eigenvalue weighted by atomic mass is 32.1. The number of nitrogens with one attached hydrogen (secondary N) is 1. The van der Waals surface area contributed by atoms with E-state index in [0.717, 1.165) is 4.88 Å². The normalized spacial score (nSPS) is 22.1. The predicted octanol–water partition coefficient (Wildman–Crippen LogP) is 2.32. The Morgan fingerprint density at radius 1 is 1.30 bits per heavy atom. The van der Waals surface area contributed by atoms with Crippen LogP contribution < -0.4 is 5.32 Å². The van der Waals surface area contributed by atoms with Crippen molar-refractivity contribution in [2.45, 2.75) is 31.4 Å². The number of carbonyl (C=O) groups is 1. The molecule has 1 saturated heterocycles. The van der Waals surface area contributed by atoms with Crippen LogP contribution in [0.5, 0.6) is 0 Å². The van der Waals surface area contributed by atoms with Crippen molar-refractivity contribution in [2.75, 3.05) is 19.7 Å². The van der Waals surface area contributed by atoms with Crippen molar-refractivity contribution in [3.63, 3.8) is 0 Å². The monoisotopic (exact) mass is 334 g/mol. The van der Waals surface area contributed by atoms with Crippen molar-refractivity contribution < 1.29 is 15.0 Å². The molecule has 1 aliphatic heterocycles. The van der Waals surface area contributed by atoms with Crippen LogP contribution in [0.25, 0.3) is 10.1 Å². The lowest BCUT2D eigenvalue weighted by atomic mass is 9.96. The zero-order valence-corrected chi connectivity index (χ0v) is 13.8. The second kappa shape index (κ2) is 6.86. The molecule has 0 spiro atoms. The number of amides is 2. The summed E-state index contributed by atoms with van der Waals surface area (Å²) in [7, 11) is 0. The summed E-state index contributed by atoms with van der Waals surface area (Å²) >= 11 is 1.69. The Hall–Kier alpha value is -1.63. The number of hydrogen-bond donors (Lipinski definition) is 3. The maximum atomic E-state index is 12.3. The van der Waals surface area contributed by atoms with E-state index in [4.69, 9.17) is 0 Å². The van der Waals surface area contributed by atoms with Crippen LogP contribution in [0.4, 0.5) is 4.79 Å². The van der Waals surface area contributed by atoms with E-state index < -0.39 is 5.60 Å². The van der Waals surface area contributed by atoms with E-state index in [2.05, 4.69) is 23.5 Å². The SMILES string of the molecule is O=C(NCc1cc2ccccc2s1)N1CCC[C@](O)(CO)CC1. The van der Waals surface area contributed by atoms with Gasteiger partial charge in [-0.15, -0.1) is 11.3 Å². The third-order valence-electron chi connectivity index (χ3n) is 4.39. The van der Waals surface area contributed by atoms with Crippen molar-refractivity contribution >= 4 is 27.5 Å². The number of carbonyl (C=O) groups excluding carboxylic acids is 1. The van der Waals surface area contributed by atoms with Crippen molar-refractivity contribution in [2.24, 2.45) is 0 Å². The third kappa shape index (κ3) is 3.83. The Morgan fingerprint density at radius 3 is 2.91 bits per heavy atom. The average Bonchev–Trinajstić information content (AvgIpc) is 2.88. The fourth-order valence-electron chi connectivity index (χ4n) is 2.94. The number of thiophene rings is 1. The van der Waals surface area contributed by atoms with Gasteiger partial charge in [0.15, 0.2) is 0 Å². The number of rotatable bonds is 3. The lowest BCUT2D eigenvalue weighted by Gasteiger charge is -2.24. The highest BCUT2D eigenvalue weighted by molar-refractivity contribution is 7.19. The van der Waals surface area contributed by atoms with Crippen LogP contribution in [0.2, 0.25) is 0 Å². The molecule has 1 aromatic carbocycles. The van der Waals surface area contributed by atoms with Crippen molar-refractivity contribution in [1.29, 1.82) is 0 Å². The Balaban J connectivity index is 1.56. The van der Waals surface area contributed by atoms with Gasteiger partial charge in [-0.25, -0.2) is 4.79 Å². The van der Waals surface area contributed by atoms with Crippen LogP contribution in [0.1, 0.15) is 24.1 Å². The minimum Gasteiger partial charge on any atom is -0.393 e. The summed E-state index contributed by atoms with van der Waals surface area (Å²) in [6.07, 6.45) is 1.65. The van der Waals surface area contributed by atoms with Crippen LogP contribution >= 0.6 is 11.3 Å². The second-order valence-electron chi connectivity index (χ2n) is 6.13. The minimum absolute atomic E-state index is 0.107. The Morgan fingerprint density at radius 2 is 2.13 bits per heavy atom. The number of likely N-dealkylation sites (tertiary alicyclic amines) is 1. The molecule has 0 saturated carbocycles. The number of aliphatic hydroxyl groups excluding tert-OH is 1. The molecule has 3 N–H and O–H groups in total. The summed E-state index contributed by atoms with van der Waals surface area (Å²) in [5.41, 5.74) is -1.04. The largest absolute Gasteiger partial charge is 0.393 e. The standard InChI is InChI=1S/C17H22N2O3S/c20-12-17(22)6-3-8-19(9-7-17)16(21)18-11-14-10-13-4-1-2-5-15(13)23-14/h1-2,4-5,10,20,22H,3,6-9,11-12H2,(H,18,21)/t17-/m1/s1. The summed E-state index contributed by atoms with van der Waals surface area (Å²) in [6, 6.07) is 10.2. The number of aliphatic hydroxyl groups is 2. The van der Waals surface area contributed by atoms with Gasteiger partial charge < -0.3 is 20.4 Å². The summed E-state index contributed by atoms with van der Waals surface area (Å²) in [6.45, 7) is 1.35. The van der Waals surface area contributed by atoms with Crippen molar-refractivity contribution in [3.8, 4) is 0 Å². The summed E-state index contributed by atoms with van der Waals surface area (Å²) < 4.78 is 1.22. The van der Waals surface area contributed by atoms with E-state index in [1.807, 2.05) is 12.1 Å². The molecule has 0 radical (unpaired) electrons. The molecule has 3 rings (SSSR count). The topological polar surface area (TPSA) is 72.8 Å².